The Kier molecular flexibility index (Phi) is 5.36. The maximum absolute atomic E-state index is 12.3. The molecule has 1 aromatic heterocycles. The Balaban J connectivity index is 1.88. The zero-order valence-corrected chi connectivity index (χ0v) is 12.3. The first-order valence-electron chi connectivity index (χ1n) is 6.87. The monoisotopic (exact) mass is 282 g/mol. The SMILES string of the molecule is CCCNC1COCC1C(=O)N[C@H](C)c1cccs1. The maximum atomic E-state index is 12.3. The topological polar surface area (TPSA) is 50.4 Å². The van der Waals surface area contributed by atoms with Gasteiger partial charge in [-0.25, -0.2) is 0 Å². The second-order valence-electron chi connectivity index (χ2n) is 4.95. The van der Waals surface area contributed by atoms with Crippen LogP contribution in [0.3, 0.4) is 0 Å². The number of ether oxygens (including phenoxy) is 1. The van der Waals surface area contributed by atoms with Crippen LogP contribution in [0.4, 0.5) is 0 Å². The highest BCUT2D eigenvalue weighted by Crippen LogP contribution is 2.20. The number of carbonyl (C=O) groups excluding carboxylic acids is 1. The van der Waals surface area contributed by atoms with Gasteiger partial charge >= 0.3 is 0 Å². The predicted octanol–water partition coefficient (Wildman–Crippen LogP) is 1.94. The van der Waals surface area contributed by atoms with E-state index >= 15 is 0 Å². The third-order valence-electron chi connectivity index (χ3n) is 3.40. The van der Waals surface area contributed by atoms with Crippen molar-refractivity contribution < 1.29 is 9.53 Å². The number of carbonyl (C=O) groups is 1. The van der Waals surface area contributed by atoms with Gasteiger partial charge in [-0.3, -0.25) is 4.79 Å². The van der Waals surface area contributed by atoms with Gasteiger partial charge in [-0.05, 0) is 31.3 Å². The summed E-state index contributed by atoms with van der Waals surface area (Å²) >= 11 is 1.67. The standard InChI is InChI=1S/C14H22N2O2S/c1-3-6-15-12-9-18-8-11(12)14(17)16-10(2)13-5-4-7-19-13/h4-5,7,10-12,15H,3,6,8-9H2,1-2H3,(H,16,17)/t10-,11?,12?/m1/s1. The lowest BCUT2D eigenvalue weighted by atomic mass is 10.0. The van der Waals surface area contributed by atoms with Crippen molar-refractivity contribution in [1.82, 2.24) is 10.6 Å². The van der Waals surface area contributed by atoms with E-state index in [0.29, 0.717) is 13.2 Å². The van der Waals surface area contributed by atoms with E-state index in [2.05, 4.69) is 17.6 Å². The number of thiophene rings is 1. The molecule has 2 unspecified atom stereocenters. The highest BCUT2D eigenvalue weighted by atomic mass is 32.1. The van der Waals surface area contributed by atoms with Crippen LogP contribution in [0, 0.1) is 5.92 Å². The summed E-state index contributed by atoms with van der Waals surface area (Å²) in [5, 5.41) is 8.50. The molecule has 2 rings (SSSR count). The molecule has 1 aliphatic heterocycles. The summed E-state index contributed by atoms with van der Waals surface area (Å²) in [5.74, 6) is 0.0148. The van der Waals surface area contributed by atoms with Gasteiger partial charge < -0.3 is 15.4 Å². The van der Waals surface area contributed by atoms with Crippen molar-refractivity contribution in [2.75, 3.05) is 19.8 Å². The summed E-state index contributed by atoms with van der Waals surface area (Å²) in [5.41, 5.74) is 0. The molecule has 0 bridgehead atoms. The lowest BCUT2D eigenvalue weighted by Gasteiger charge is -2.20. The van der Waals surface area contributed by atoms with E-state index in [1.807, 2.05) is 24.4 Å². The molecular weight excluding hydrogens is 260 g/mol. The molecule has 0 radical (unpaired) electrons. The number of hydrogen-bond donors (Lipinski definition) is 2. The Morgan fingerprint density at radius 2 is 2.42 bits per heavy atom. The molecule has 1 amide bonds. The summed E-state index contributed by atoms with van der Waals surface area (Å²) in [6.07, 6.45) is 1.07. The average Bonchev–Trinajstić information content (AvgIpc) is 3.07. The zero-order valence-electron chi connectivity index (χ0n) is 11.5. The number of rotatable bonds is 6. The first kappa shape index (κ1) is 14.5. The van der Waals surface area contributed by atoms with E-state index in [4.69, 9.17) is 4.74 Å². The highest BCUT2D eigenvalue weighted by molar-refractivity contribution is 7.10. The third-order valence-corrected chi connectivity index (χ3v) is 4.46. The molecule has 0 spiro atoms. The van der Waals surface area contributed by atoms with Gasteiger partial charge in [0.25, 0.3) is 0 Å². The minimum Gasteiger partial charge on any atom is -0.379 e. The molecule has 4 nitrogen and oxygen atoms in total. The molecule has 3 atom stereocenters. The number of hydrogen-bond acceptors (Lipinski definition) is 4. The molecule has 19 heavy (non-hydrogen) atoms. The Hall–Kier alpha value is -0.910. The van der Waals surface area contributed by atoms with Gasteiger partial charge in [0, 0.05) is 10.9 Å². The van der Waals surface area contributed by atoms with E-state index < -0.39 is 0 Å². The molecule has 1 saturated heterocycles. The van der Waals surface area contributed by atoms with Crippen LogP contribution in [-0.2, 0) is 9.53 Å². The van der Waals surface area contributed by atoms with Crippen molar-refractivity contribution in [3.8, 4) is 0 Å². The van der Waals surface area contributed by atoms with Gasteiger partial charge in [0.05, 0.1) is 25.2 Å². The van der Waals surface area contributed by atoms with E-state index in [1.54, 1.807) is 11.3 Å². The van der Waals surface area contributed by atoms with Gasteiger partial charge in [-0.1, -0.05) is 13.0 Å². The van der Waals surface area contributed by atoms with Gasteiger partial charge in [0.1, 0.15) is 0 Å². The summed E-state index contributed by atoms with van der Waals surface area (Å²) in [6, 6.07) is 4.27. The van der Waals surface area contributed by atoms with Crippen LogP contribution in [0.15, 0.2) is 17.5 Å². The van der Waals surface area contributed by atoms with Crippen LogP contribution in [0.2, 0.25) is 0 Å². The van der Waals surface area contributed by atoms with Gasteiger partial charge in [-0.2, -0.15) is 0 Å². The van der Waals surface area contributed by atoms with Crippen molar-refractivity contribution in [3.63, 3.8) is 0 Å². The smallest absolute Gasteiger partial charge is 0.227 e. The summed E-state index contributed by atoms with van der Waals surface area (Å²) in [4.78, 5) is 13.5. The van der Waals surface area contributed by atoms with Crippen LogP contribution in [0.25, 0.3) is 0 Å². The normalized spacial score (nSPS) is 24.3. The van der Waals surface area contributed by atoms with E-state index in [0.717, 1.165) is 13.0 Å². The molecule has 0 aromatic carbocycles. The highest BCUT2D eigenvalue weighted by Gasteiger charge is 2.34. The zero-order chi connectivity index (χ0) is 13.7. The van der Waals surface area contributed by atoms with Gasteiger partial charge in [0.2, 0.25) is 5.91 Å². The molecule has 2 N–H and O–H groups in total. The fourth-order valence-electron chi connectivity index (χ4n) is 2.27. The quantitative estimate of drug-likeness (QED) is 0.838. The van der Waals surface area contributed by atoms with Gasteiger partial charge in [-0.15, -0.1) is 11.3 Å². The first-order chi connectivity index (χ1) is 9.22. The van der Waals surface area contributed by atoms with E-state index in [1.165, 1.54) is 4.88 Å². The largest absolute Gasteiger partial charge is 0.379 e. The molecule has 0 aliphatic carbocycles. The summed E-state index contributed by atoms with van der Waals surface area (Å²) < 4.78 is 5.44. The predicted molar refractivity (Wildman–Crippen MR) is 77.3 cm³/mol. The van der Waals surface area contributed by atoms with Crippen LogP contribution >= 0.6 is 11.3 Å². The fraction of sp³-hybridized carbons (Fsp3) is 0.643. The lowest BCUT2D eigenvalue weighted by Crippen LogP contribution is -2.44. The van der Waals surface area contributed by atoms with Crippen LogP contribution in [-0.4, -0.2) is 31.7 Å². The summed E-state index contributed by atoms with van der Waals surface area (Å²) in [7, 11) is 0. The Morgan fingerprint density at radius 1 is 1.58 bits per heavy atom. The number of amides is 1. The second-order valence-corrected chi connectivity index (χ2v) is 5.93. The maximum Gasteiger partial charge on any atom is 0.227 e. The van der Waals surface area contributed by atoms with Crippen molar-refractivity contribution in [2.24, 2.45) is 5.92 Å². The molecule has 0 saturated carbocycles. The molecule has 1 aliphatic rings. The first-order valence-corrected chi connectivity index (χ1v) is 7.75. The average molecular weight is 282 g/mol. The molecule has 5 heteroatoms. The molecule has 1 aromatic rings. The van der Waals surface area contributed by atoms with Crippen molar-refractivity contribution in [1.29, 1.82) is 0 Å². The van der Waals surface area contributed by atoms with Crippen molar-refractivity contribution in [2.45, 2.75) is 32.4 Å². The van der Waals surface area contributed by atoms with Crippen molar-refractivity contribution >= 4 is 17.2 Å². The van der Waals surface area contributed by atoms with Crippen LogP contribution < -0.4 is 10.6 Å². The van der Waals surface area contributed by atoms with Crippen LogP contribution in [0.1, 0.15) is 31.2 Å². The van der Waals surface area contributed by atoms with Crippen LogP contribution in [0.5, 0.6) is 0 Å². The minimum atomic E-state index is -0.0750. The number of nitrogens with one attached hydrogen (secondary N) is 2. The lowest BCUT2D eigenvalue weighted by molar-refractivity contribution is -0.126. The fourth-order valence-corrected chi connectivity index (χ4v) is 3.01. The Bertz CT molecular complexity index is 394. The molecule has 2 heterocycles. The molecule has 106 valence electrons. The Labute approximate surface area is 118 Å². The van der Waals surface area contributed by atoms with E-state index in [9.17, 15) is 4.79 Å². The Morgan fingerprint density at radius 3 is 3.11 bits per heavy atom. The minimum absolute atomic E-state index is 0.0694. The molecular formula is C14H22N2O2S. The second kappa shape index (κ2) is 7.03. The van der Waals surface area contributed by atoms with Crippen molar-refractivity contribution in [3.05, 3.63) is 22.4 Å². The van der Waals surface area contributed by atoms with E-state index in [-0.39, 0.29) is 23.9 Å². The van der Waals surface area contributed by atoms with Gasteiger partial charge in [0.15, 0.2) is 0 Å². The molecule has 1 fully saturated rings. The summed E-state index contributed by atoms with van der Waals surface area (Å²) in [6.45, 7) is 6.22. The third kappa shape index (κ3) is 3.78.